The third-order valence-corrected chi connectivity index (χ3v) is 3.16. The summed E-state index contributed by atoms with van der Waals surface area (Å²) in [4.78, 5) is 26.1. The van der Waals surface area contributed by atoms with E-state index in [2.05, 4.69) is 5.10 Å². The van der Waals surface area contributed by atoms with Crippen molar-refractivity contribution in [3.05, 3.63) is 29.8 Å². The Balaban J connectivity index is 2.20. The van der Waals surface area contributed by atoms with Crippen molar-refractivity contribution >= 4 is 17.8 Å². The van der Waals surface area contributed by atoms with Crippen LogP contribution in [0.15, 0.2) is 29.4 Å². The molecule has 7 nitrogen and oxygen atoms in total. The molecule has 3 amide bonds. The Bertz CT molecular complexity index is 553. The van der Waals surface area contributed by atoms with Gasteiger partial charge in [-0.1, -0.05) is 12.1 Å². The van der Waals surface area contributed by atoms with Gasteiger partial charge in [-0.2, -0.15) is 5.10 Å². The van der Waals surface area contributed by atoms with E-state index in [1.165, 1.54) is 11.9 Å². The molecule has 0 bridgehead atoms. The Morgan fingerprint density at radius 1 is 1.30 bits per heavy atom. The summed E-state index contributed by atoms with van der Waals surface area (Å²) >= 11 is 0. The molecule has 0 spiro atoms. The Labute approximate surface area is 116 Å². The number of nitrogens with zero attached hydrogens (tertiary/aromatic N) is 3. The van der Waals surface area contributed by atoms with Crippen molar-refractivity contribution < 1.29 is 14.3 Å². The van der Waals surface area contributed by atoms with E-state index >= 15 is 0 Å². The number of methoxy groups -OCH3 is 1. The minimum atomic E-state index is -0.429. The van der Waals surface area contributed by atoms with Crippen LogP contribution in [0.5, 0.6) is 5.75 Å². The molecule has 0 saturated carbocycles. The van der Waals surface area contributed by atoms with E-state index in [1.54, 1.807) is 19.2 Å². The molecule has 0 unspecified atom stereocenters. The van der Waals surface area contributed by atoms with E-state index in [-0.39, 0.29) is 18.2 Å². The molecule has 1 aromatic rings. The Kier molecular flexibility index (Phi) is 3.88. The number of amides is 3. The van der Waals surface area contributed by atoms with Crippen molar-refractivity contribution in [3.8, 4) is 5.75 Å². The zero-order valence-corrected chi connectivity index (χ0v) is 11.4. The maximum absolute atomic E-state index is 12.1. The topological polar surface area (TPSA) is 88.2 Å². The summed E-state index contributed by atoms with van der Waals surface area (Å²) in [7, 11) is 3.03. The van der Waals surface area contributed by atoms with Crippen LogP contribution in [0, 0.1) is 0 Å². The van der Waals surface area contributed by atoms with Crippen molar-refractivity contribution in [2.24, 2.45) is 10.9 Å². The average Bonchev–Trinajstić information content (AvgIpc) is 2.48. The monoisotopic (exact) mass is 276 g/mol. The van der Waals surface area contributed by atoms with Gasteiger partial charge in [0.1, 0.15) is 11.6 Å². The first-order chi connectivity index (χ1) is 9.56. The number of carbonyl (C=O) groups is 2. The standard InChI is InChI=1S/C13H16N4O3/c1-16-12(18)7-11(15-14)17(13(16)19)8-9-3-5-10(20-2)6-4-9/h3-6H,7-8,14H2,1-2H3. The van der Waals surface area contributed by atoms with Gasteiger partial charge in [0.05, 0.1) is 20.1 Å². The fraction of sp³-hybridized carbons (Fsp3) is 0.308. The maximum Gasteiger partial charge on any atom is 0.332 e. The van der Waals surface area contributed by atoms with E-state index in [1.807, 2.05) is 12.1 Å². The number of nitrogens with two attached hydrogens (primary N) is 1. The van der Waals surface area contributed by atoms with Gasteiger partial charge >= 0.3 is 6.03 Å². The van der Waals surface area contributed by atoms with E-state index in [4.69, 9.17) is 10.6 Å². The Hall–Kier alpha value is -2.57. The molecule has 1 aliphatic heterocycles. The molecule has 2 rings (SSSR count). The lowest BCUT2D eigenvalue weighted by Gasteiger charge is -2.32. The quantitative estimate of drug-likeness (QED) is 0.652. The number of hydrogen-bond donors (Lipinski definition) is 1. The number of hydrazone groups is 1. The summed E-state index contributed by atoms with van der Waals surface area (Å²) in [6.45, 7) is 0.302. The van der Waals surface area contributed by atoms with Gasteiger partial charge < -0.3 is 10.6 Å². The van der Waals surface area contributed by atoms with Gasteiger partial charge in [0, 0.05) is 7.05 Å². The predicted molar refractivity (Wildman–Crippen MR) is 72.9 cm³/mol. The molecule has 1 aliphatic rings. The van der Waals surface area contributed by atoms with Gasteiger partial charge in [-0.05, 0) is 17.7 Å². The second-order valence-electron chi connectivity index (χ2n) is 4.39. The number of amidine groups is 1. The fourth-order valence-corrected chi connectivity index (χ4v) is 1.94. The summed E-state index contributed by atoms with van der Waals surface area (Å²) in [6, 6.07) is 6.87. The summed E-state index contributed by atoms with van der Waals surface area (Å²) in [5, 5.41) is 3.54. The summed E-state index contributed by atoms with van der Waals surface area (Å²) in [5.74, 6) is 5.96. The number of benzene rings is 1. The first-order valence-electron chi connectivity index (χ1n) is 6.04. The molecule has 7 heteroatoms. The third-order valence-electron chi connectivity index (χ3n) is 3.16. The summed E-state index contributed by atoms with van der Waals surface area (Å²) in [6.07, 6.45) is 0.0227. The first kappa shape index (κ1) is 13.9. The number of imide groups is 1. The molecule has 0 aromatic heterocycles. The fourth-order valence-electron chi connectivity index (χ4n) is 1.94. The predicted octanol–water partition coefficient (Wildman–Crippen LogP) is 0.751. The Morgan fingerprint density at radius 3 is 2.50 bits per heavy atom. The van der Waals surface area contributed by atoms with Crippen LogP contribution in [0.25, 0.3) is 0 Å². The van der Waals surface area contributed by atoms with E-state index in [0.29, 0.717) is 6.54 Å². The number of hydrogen-bond acceptors (Lipinski definition) is 5. The van der Waals surface area contributed by atoms with Crippen LogP contribution < -0.4 is 10.6 Å². The molecule has 0 radical (unpaired) electrons. The molecule has 1 heterocycles. The van der Waals surface area contributed by atoms with Crippen LogP contribution in [0.2, 0.25) is 0 Å². The molecular formula is C13H16N4O3. The molecular weight excluding hydrogens is 260 g/mol. The zero-order valence-electron chi connectivity index (χ0n) is 11.4. The summed E-state index contributed by atoms with van der Waals surface area (Å²) in [5.41, 5.74) is 0.892. The highest BCUT2D eigenvalue weighted by Crippen LogP contribution is 2.17. The van der Waals surface area contributed by atoms with Gasteiger partial charge in [-0.25, -0.2) is 4.79 Å². The molecule has 1 aromatic carbocycles. The SMILES string of the molecule is COc1ccc(CN2C(=O)N(C)C(=O)CC2=NN)cc1. The van der Waals surface area contributed by atoms with Crippen LogP contribution >= 0.6 is 0 Å². The number of urea groups is 1. The highest BCUT2D eigenvalue weighted by molar-refractivity contribution is 6.15. The van der Waals surface area contributed by atoms with Crippen molar-refractivity contribution in [3.63, 3.8) is 0 Å². The molecule has 1 fully saturated rings. The maximum atomic E-state index is 12.1. The largest absolute Gasteiger partial charge is 0.497 e. The van der Waals surface area contributed by atoms with Crippen LogP contribution in [0.1, 0.15) is 12.0 Å². The highest BCUT2D eigenvalue weighted by Gasteiger charge is 2.34. The highest BCUT2D eigenvalue weighted by atomic mass is 16.5. The van der Waals surface area contributed by atoms with Crippen LogP contribution in [-0.4, -0.2) is 41.7 Å². The van der Waals surface area contributed by atoms with E-state index in [9.17, 15) is 9.59 Å². The number of ether oxygens (including phenoxy) is 1. The van der Waals surface area contributed by atoms with Crippen LogP contribution in [0.3, 0.4) is 0 Å². The van der Waals surface area contributed by atoms with Gasteiger partial charge in [-0.15, -0.1) is 0 Å². The van der Waals surface area contributed by atoms with Crippen molar-refractivity contribution in [1.82, 2.24) is 9.80 Å². The molecule has 0 aliphatic carbocycles. The normalized spacial score (nSPS) is 17.8. The van der Waals surface area contributed by atoms with Gasteiger partial charge in [0.2, 0.25) is 5.91 Å². The van der Waals surface area contributed by atoms with Gasteiger partial charge in [0.15, 0.2) is 0 Å². The van der Waals surface area contributed by atoms with Gasteiger partial charge in [0.25, 0.3) is 0 Å². The molecule has 0 atom stereocenters. The van der Waals surface area contributed by atoms with Gasteiger partial charge in [-0.3, -0.25) is 14.6 Å². The Morgan fingerprint density at radius 2 is 1.95 bits per heavy atom. The number of rotatable bonds is 3. The minimum absolute atomic E-state index is 0.0227. The average molecular weight is 276 g/mol. The van der Waals surface area contributed by atoms with Crippen molar-refractivity contribution in [2.75, 3.05) is 14.2 Å². The molecule has 106 valence electrons. The van der Waals surface area contributed by atoms with Crippen LogP contribution in [-0.2, 0) is 11.3 Å². The lowest BCUT2D eigenvalue weighted by Crippen LogP contribution is -2.53. The second-order valence-corrected chi connectivity index (χ2v) is 4.39. The number of carbonyl (C=O) groups excluding carboxylic acids is 2. The zero-order chi connectivity index (χ0) is 14.7. The van der Waals surface area contributed by atoms with E-state index in [0.717, 1.165) is 16.2 Å². The first-order valence-corrected chi connectivity index (χ1v) is 6.04. The van der Waals surface area contributed by atoms with Crippen molar-refractivity contribution in [1.29, 1.82) is 0 Å². The summed E-state index contributed by atoms with van der Waals surface area (Å²) < 4.78 is 5.08. The molecule has 20 heavy (non-hydrogen) atoms. The minimum Gasteiger partial charge on any atom is -0.497 e. The van der Waals surface area contributed by atoms with Crippen molar-refractivity contribution in [2.45, 2.75) is 13.0 Å². The lowest BCUT2D eigenvalue weighted by molar-refractivity contribution is -0.127. The lowest BCUT2D eigenvalue weighted by atomic mass is 10.1. The third kappa shape index (κ3) is 2.56. The molecule has 1 saturated heterocycles. The van der Waals surface area contributed by atoms with Crippen LogP contribution in [0.4, 0.5) is 4.79 Å². The second kappa shape index (κ2) is 5.60. The smallest absolute Gasteiger partial charge is 0.332 e. The molecule has 2 N–H and O–H groups in total. The van der Waals surface area contributed by atoms with E-state index < -0.39 is 6.03 Å².